The van der Waals surface area contributed by atoms with Gasteiger partial charge in [0.25, 0.3) is 5.91 Å². The van der Waals surface area contributed by atoms with Gasteiger partial charge in [-0.1, -0.05) is 30.3 Å². The molecule has 132 valence electrons. The number of hydrazine groups is 1. The van der Waals surface area contributed by atoms with Crippen molar-refractivity contribution in [3.05, 3.63) is 53.3 Å². The van der Waals surface area contributed by atoms with Gasteiger partial charge in [0.15, 0.2) is 5.76 Å². The molecule has 0 aliphatic heterocycles. The summed E-state index contributed by atoms with van der Waals surface area (Å²) in [5, 5.41) is 9.77. The molecule has 0 spiro atoms. The van der Waals surface area contributed by atoms with Gasteiger partial charge in [-0.25, -0.2) is 5.84 Å². The molecule has 0 saturated heterocycles. The van der Waals surface area contributed by atoms with Crippen molar-refractivity contribution < 1.29 is 14.6 Å². The monoisotopic (exact) mass is 352 g/mol. The van der Waals surface area contributed by atoms with E-state index in [-0.39, 0.29) is 17.4 Å². The molecular formula is C18H25ClN2O3. The van der Waals surface area contributed by atoms with E-state index >= 15 is 0 Å². The van der Waals surface area contributed by atoms with Crippen LogP contribution in [0.5, 0.6) is 5.75 Å². The van der Waals surface area contributed by atoms with Crippen LogP contribution in [0.25, 0.3) is 0 Å². The third kappa shape index (κ3) is 5.67. The minimum absolute atomic E-state index is 0.133. The molecule has 0 radical (unpaired) electrons. The second kappa shape index (κ2) is 8.87. The van der Waals surface area contributed by atoms with Crippen molar-refractivity contribution in [1.29, 1.82) is 0 Å². The molecule has 0 atom stereocenters. The Bertz CT molecular complexity index is 604. The zero-order valence-corrected chi connectivity index (χ0v) is 15.1. The van der Waals surface area contributed by atoms with Crippen LogP contribution in [-0.2, 0) is 11.2 Å². The summed E-state index contributed by atoms with van der Waals surface area (Å²) in [4.78, 5) is 12.3. The first-order valence-corrected chi connectivity index (χ1v) is 8.07. The van der Waals surface area contributed by atoms with Crippen LogP contribution in [0.2, 0.25) is 0 Å². The Balaban J connectivity index is 2.92. The highest BCUT2D eigenvalue weighted by molar-refractivity contribution is 6.42. The molecule has 1 amide bonds. The molecule has 1 aromatic carbocycles. The largest absolute Gasteiger partial charge is 0.456 e. The Hall–Kier alpha value is -1.82. The highest BCUT2D eigenvalue weighted by Gasteiger charge is 2.27. The molecule has 0 aliphatic carbocycles. The van der Waals surface area contributed by atoms with Gasteiger partial charge >= 0.3 is 0 Å². The summed E-state index contributed by atoms with van der Waals surface area (Å²) in [6, 6.07) is 7.33. The first-order valence-electron chi connectivity index (χ1n) is 7.69. The van der Waals surface area contributed by atoms with Crippen molar-refractivity contribution in [3.63, 3.8) is 0 Å². The number of aliphatic hydroxyl groups is 1. The van der Waals surface area contributed by atoms with Crippen LogP contribution in [0.15, 0.2) is 47.7 Å². The minimum Gasteiger partial charge on any atom is -0.456 e. The molecule has 1 aromatic rings. The average Bonchev–Trinajstić information content (AvgIpc) is 2.56. The Morgan fingerprint density at radius 2 is 1.96 bits per heavy atom. The zero-order valence-electron chi connectivity index (χ0n) is 14.4. The SMILES string of the molecule is C=C/C(Oc1ccc(CCCO)cc1)=C(/Cl)C(=O)N(N)C(C)(C)C. The van der Waals surface area contributed by atoms with Gasteiger partial charge in [0.05, 0.1) is 5.54 Å². The first-order chi connectivity index (χ1) is 11.2. The number of halogens is 1. The molecule has 0 unspecified atom stereocenters. The maximum absolute atomic E-state index is 12.3. The van der Waals surface area contributed by atoms with E-state index in [0.29, 0.717) is 12.2 Å². The molecule has 0 bridgehead atoms. The lowest BCUT2D eigenvalue weighted by Crippen LogP contribution is -2.50. The van der Waals surface area contributed by atoms with E-state index in [1.165, 1.54) is 6.08 Å². The van der Waals surface area contributed by atoms with E-state index in [4.69, 9.17) is 27.3 Å². The lowest BCUT2D eigenvalue weighted by molar-refractivity contribution is -0.131. The maximum Gasteiger partial charge on any atom is 0.283 e. The molecule has 3 N–H and O–H groups in total. The number of hydrogen-bond donors (Lipinski definition) is 2. The number of carbonyl (C=O) groups excluding carboxylic acids is 1. The fraction of sp³-hybridized carbons (Fsp3) is 0.389. The van der Waals surface area contributed by atoms with Crippen LogP contribution in [0, 0.1) is 0 Å². The van der Waals surface area contributed by atoms with Gasteiger partial charge in [-0.15, -0.1) is 0 Å². The molecule has 0 aromatic heterocycles. The van der Waals surface area contributed by atoms with E-state index < -0.39 is 11.4 Å². The Labute approximate surface area is 148 Å². The second-order valence-corrected chi connectivity index (χ2v) is 6.68. The lowest BCUT2D eigenvalue weighted by atomic mass is 10.1. The van der Waals surface area contributed by atoms with Crippen LogP contribution in [0.1, 0.15) is 32.8 Å². The van der Waals surface area contributed by atoms with Crippen molar-refractivity contribution in [2.24, 2.45) is 5.84 Å². The number of ether oxygens (including phenoxy) is 1. The number of rotatable bonds is 7. The third-order valence-corrected chi connectivity index (χ3v) is 3.65. The topological polar surface area (TPSA) is 75.8 Å². The van der Waals surface area contributed by atoms with E-state index in [0.717, 1.165) is 17.0 Å². The summed E-state index contributed by atoms with van der Waals surface area (Å²) >= 11 is 6.13. The predicted molar refractivity (Wildman–Crippen MR) is 96.3 cm³/mol. The first kappa shape index (κ1) is 20.2. The van der Waals surface area contributed by atoms with Crippen molar-refractivity contribution in [2.75, 3.05) is 6.61 Å². The summed E-state index contributed by atoms with van der Waals surface area (Å²) in [5.41, 5.74) is 0.515. The number of carbonyl (C=O) groups is 1. The summed E-state index contributed by atoms with van der Waals surface area (Å²) in [7, 11) is 0. The molecule has 0 aliphatic rings. The molecule has 6 heteroatoms. The van der Waals surface area contributed by atoms with Gasteiger partial charge in [-0.2, -0.15) is 0 Å². The van der Waals surface area contributed by atoms with Crippen LogP contribution in [0.4, 0.5) is 0 Å². The normalized spacial score (nSPS) is 12.4. The van der Waals surface area contributed by atoms with E-state index in [2.05, 4.69) is 6.58 Å². The van der Waals surface area contributed by atoms with E-state index in [1.54, 1.807) is 32.9 Å². The van der Waals surface area contributed by atoms with E-state index in [1.807, 2.05) is 12.1 Å². The predicted octanol–water partition coefficient (Wildman–Crippen LogP) is 3.13. The highest BCUT2D eigenvalue weighted by Crippen LogP contribution is 2.22. The number of allylic oxidation sites excluding steroid dienone is 1. The lowest BCUT2D eigenvalue weighted by Gasteiger charge is -2.31. The average molecular weight is 353 g/mol. The van der Waals surface area contributed by atoms with Crippen LogP contribution in [-0.4, -0.2) is 28.2 Å². The summed E-state index contributed by atoms with van der Waals surface area (Å²) in [5.74, 6) is 5.93. The molecular weight excluding hydrogens is 328 g/mol. The number of amides is 1. The Morgan fingerprint density at radius 3 is 2.42 bits per heavy atom. The maximum atomic E-state index is 12.3. The van der Waals surface area contributed by atoms with Crippen molar-refractivity contribution in [2.45, 2.75) is 39.2 Å². The highest BCUT2D eigenvalue weighted by atomic mass is 35.5. The van der Waals surface area contributed by atoms with Gasteiger partial charge in [-0.3, -0.25) is 9.80 Å². The standard InChI is InChI=1S/C18H25ClN2O3/c1-5-15(16(19)17(23)21(20)18(2,3)4)24-14-10-8-13(9-11-14)7-6-12-22/h5,8-11,22H,1,6-7,12,20H2,2-4H3/b16-15-. The number of hydrogen-bond acceptors (Lipinski definition) is 4. The van der Waals surface area contributed by atoms with Gasteiger partial charge in [0.2, 0.25) is 0 Å². The summed E-state index contributed by atoms with van der Waals surface area (Å²) < 4.78 is 5.65. The number of aryl methyl sites for hydroxylation is 1. The van der Waals surface area contributed by atoms with Crippen molar-refractivity contribution >= 4 is 17.5 Å². The summed E-state index contributed by atoms with van der Waals surface area (Å²) in [6.45, 7) is 9.19. The number of nitrogens with zero attached hydrogens (tertiary/aromatic N) is 1. The molecule has 5 nitrogen and oxygen atoms in total. The third-order valence-electron chi connectivity index (χ3n) is 3.31. The minimum atomic E-state index is -0.572. The number of benzene rings is 1. The summed E-state index contributed by atoms with van der Waals surface area (Å²) in [6.07, 6.45) is 2.86. The van der Waals surface area contributed by atoms with Crippen LogP contribution in [0.3, 0.4) is 0 Å². The molecule has 0 saturated carbocycles. The quantitative estimate of drug-likeness (QED) is 0.197. The molecule has 0 fully saturated rings. The number of nitrogens with two attached hydrogens (primary N) is 1. The van der Waals surface area contributed by atoms with Crippen LogP contribution < -0.4 is 10.6 Å². The smallest absolute Gasteiger partial charge is 0.283 e. The Kier molecular flexibility index (Phi) is 7.48. The second-order valence-electron chi connectivity index (χ2n) is 6.30. The van der Waals surface area contributed by atoms with Gasteiger partial charge in [0, 0.05) is 6.61 Å². The molecule has 24 heavy (non-hydrogen) atoms. The zero-order chi connectivity index (χ0) is 18.3. The fourth-order valence-corrected chi connectivity index (χ4v) is 2.03. The molecule has 1 rings (SSSR count). The van der Waals surface area contributed by atoms with Gasteiger partial charge in [-0.05, 0) is 57.4 Å². The van der Waals surface area contributed by atoms with Crippen molar-refractivity contribution in [1.82, 2.24) is 5.01 Å². The van der Waals surface area contributed by atoms with Crippen molar-refractivity contribution in [3.8, 4) is 5.75 Å². The fourth-order valence-electron chi connectivity index (χ4n) is 1.83. The van der Waals surface area contributed by atoms with E-state index in [9.17, 15) is 4.79 Å². The Morgan fingerprint density at radius 1 is 1.38 bits per heavy atom. The van der Waals surface area contributed by atoms with Gasteiger partial charge < -0.3 is 9.84 Å². The number of aliphatic hydroxyl groups excluding tert-OH is 1. The van der Waals surface area contributed by atoms with Gasteiger partial charge in [0.1, 0.15) is 10.8 Å². The molecule has 0 heterocycles. The van der Waals surface area contributed by atoms with Crippen LogP contribution >= 0.6 is 11.6 Å².